The van der Waals surface area contributed by atoms with Crippen LogP contribution < -0.4 is 15.5 Å². The predicted octanol–water partition coefficient (Wildman–Crippen LogP) is 4.56. The Morgan fingerprint density at radius 1 is 1.05 bits per heavy atom. The summed E-state index contributed by atoms with van der Waals surface area (Å²) in [5.74, 6) is 0.352. The van der Waals surface area contributed by atoms with Gasteiger partial charge in [0.25, 0.3) is 11.1 Å². The maximum absolute atomic E-state index is 14.5. The van der Waals surface area contributed by atoms with E-state index >= 15 is 0 Å². The number of nitrogens with zero attached hydrogens (tertiary/aromatic N) is 5. The Hall–Kier alpha value is -4.22. The summed E-state index contributed by atoms with van der Waals surface area (Å²) in [5, 5.41) is 6.27. The lowest BCUT2D eigenvalue weighted by Gasteiger charge is -2.32. The van der Waals surface area contributed by atoms with Gasteiger partial charge in [-0.2, -0.15) is 0 Å². The van der Waals surface area contributed by atoms with E-state index in [1.807, 2.05) is 30.3 Å². The van der Waals surface area contributed by atoms with E-state index in [2.05, 4.69) is 30.5 Å². The van der Waals surface area contributed by atoms with Crippen LogP contribution in [0, 0.1) is 11.7 Å². The van der Waals surface area contributed by atoms with Crippen molar-refractivity contribution in [3.05, 3.63) is 83.0 Å². The minimum absolute atomic E-state index is 0.312. The van der Waals surface area contributed by atoms with Gasteiger partial charge in [0.15, 0.2) is 0 Å². The molecular formula is C29H26FN7O2S. The average molecular weight is 556 g/mol. The smallest absolute Gasteiger partial charge is 0.290 e. The Labute approximate surface area is 234 Å². The average Bonchev–Trinajstić information content (AvgIpc) is 3.28. The Balaban J connectivity index is 1.04. The number of pyridine rings is 2. The highest BCUT2D eigenvalue weighted by Crippen LogP contribution is 2.28. The van der Waals surface area contributed by atoms with Gasteiger partial charge in [0.05, 0.1) is 27.5 Å². The number of nitrogens with one attached hydrogen (secondary N) is 2. The highest BCUT2D eigenvalue weighted by Gasteiger charge is 2.26. The summed E-state index contributed by atoms with van der Waals surface area (Å²) in [5.41, 5.74) is 3.55. The van der Waals surface area contributed by atoms with Crippen molar-refractivity contribution in [1.29, 1.82) is 0 Å². The number of carbonyl (C=O) groups is 2. The van der Waals surface area contributed by atoms with Crippen molar-refractivity contribution in [2.24, 2.45) is 5.92 Å². The minimum Gasteiger partial charge on any atom is -0.341 e. The molecule has 6 rings (SSSR count). The van der Waals surface area contributed by atoms with Crippen molar-refractivity contribution in [3.63, 3.8) is 0 Å². The number of piperidine rings is 1. The normalized spacial score (nSPS) is 17.1. The Bertz CT molecular complexity index is 1620. The molecule has 0 radical (unpaired) electrons. The van der Waals surface area contributed by atoms with Gasteiger partial charge in [0.1, 0.15) is 5.82 Å². The molecule has 2 fully saturated rings. The first-order chi connectivity index (χ1) is 19.5. The van der Waals surface area contributed by atoms with Crippen LogP contribution in [-0.2, 0) is 11.3 Å². The molecule has 0 atom stereocenters. The van der Waals surface area contributed by atoms with Crippen molar-refractivity contribution in [2.75, 3.05) is 24.5 Å². The number of benzene rings is 1. The number of aromatic nitrogens is 4. The molecule has 0 bridgehead atoms. The molecule has 0 spiro atoms. The molecule has 0 saturated carbocycles. The molecule has 40 heavy (non-hydrogen) atoms. The molecule has 5 heterocycles. The second-order valence-corrected chi connectivity index (χ2v) is 10.7. The third-order valence-electron chi connectivity index (χ3n) is 6.99. The summed E-state index contributed by atoms with van der Waals surface area (Å²) in [6.45, 7) is 2.88. The number of para-hydroxylation sites is 1. The topological polar surface area (TPSA) is 113 Å². The van der Waals surface area contributed by atoms with Crippen molar-refractivity contribution in [1.82, 2.24) is 30.6 Å². The number of anilines is 1. The highest BCUT2D eigenvalue weighted by atomic mass is 32.2. The lowest BCUT2D eigenvalue weighted by Crippen LogP contribution is -2.38. The van der Waals surface area contributed by atoms with Gasteiger partial charge in [0, 0.05) is 49.0 Å². The molecule has 3 aromatic heterocycles. The van der Waals surface area contributed by atoms with Gasteiger partial charge in [-0.1, -0.05) is 18.2 Å². The highest BCUT2D eigenvalue weighted by molar-refractivity contribution is 8.18. The molecule has 2 amide bonds. The van der Waals surface area contributed by atoms with Crippen molar-refractivity contribution >= 4 is 45.8 Å². The van der Waals surface area contributed by atoms with Crippen molar-refractivity contribution < 1.29 is 14.0 Å². The maximum atomic E-state index is 14.5. The van der Waals surface area contributed by atoms with Gasteiger partial charge < -0.3 is 10.2 Å². The second kappa shape index (κ2) is 11.5. The molecular weight excluding hydrogens is 529 g/mol. The quantitative estimate of drug-likeness (QED) is 0.317. The molecule has 1 aromatic carbocycles. The third-order valence-corrected chi connectivity index (χ3v) is 7.80. The molecule has 202 valence electrons. The molecule has 11 heteroatoms. The van der Waals surface area contributed by atoms with Crippen LogP contribution in [0.5, 0.6) is 0 Å². The number of amides is 2. The number of carbonyl (C=O) groups excluding carboxylic acids is 2. The zero-order chi connectivity index (χ0) is 27.5. The van der Waals surface area contributed by atoms with E-state index in [0.29, 0.717) is 40.4 Å². The van der Waals surface area contributed by atoms with Crippen LogP contribution >= 0.6 is 11.8 Å². The van der Waals surface area contributed by atoms with Gasteiger partial charge >= 0.3 is 0 Å². The fourth-order valence-corrected chi connectivity index (χ4v) is 5.66. The molecule has 2 N–H and O–H groups in total. The first-order valence-electron chi connectivity index (χ1n) is 13.1. The summed E-state index contributed by atoms with van der Waals surface area (Å²) in [6.07, 6.45) is 6.91. The fourth-order valence-electron chi connectivity index (χ4n) is 4.99. The Morgan fingerprint density at radius 3 is 2.70 bits per heavy atom. The van der Waals surface area contributed by atoms with E-state index in [4.69, 9.17) is 4.98 Å². The van der Waals surface area contributed by atoms with E-state index in [9.17, 15) is 14.0 Å². The maximum Gasteiger partial charge on any atom is 0.290 e. The van der Waals surface area contributed by atoms with Crippen LogP contribution in [0.1, 0.15) is 24.2 Å². The SMILES string of the molecule is O=C1NC(=O)C(=Cc2ccnc(N3CCC(CNCc4cc(F)cc(-c5ccnc6ccccc56)n4)CC3)n2)S1. The lowest BCUT2D eigenvalue weighted by atomic mass is 9.97. The number of hydrogen-bond acceptors (Lipinski definition) is 9. The molecule has 9 nitrogen and oxygen atoms in total. The van der Waals surface area contributed by atoms with Crippen LogP contribution in [0.4, 0.5) is 15.1 Å². The fraction of sp³-hybridized carbons (Fsp3) is 0.241. The summed E-state index contributed by atoms with van der Waals surface area (Å²) < 4.78 is 14.5. The number of rotatable bonds is 7. The van der Waals surface area contributed by atoms with Crippen LogP contribution in [0.3, 0.4) is 0 Å². The molecule has 0 aliphatic carbocycles. The van der Waals surface area contributed by atoms with Gasteiger partial charge in [0.2, 0.25) is 5.95 Å². The van der Waals surface area contributed by atoms with E-state index in [0.717, 1.165) is 60.7 Å². The number of thioether (sulfide) groups is 1. The summed E-state index contributed by atoms with van der Waals surface area (Å²) >= 11 is 0.870. The predicted molar refractivity (Wildman–Crippen MR) is 153 cm³/mol. The molecule has 2 aliphatic heterocycles. The standard InChI is InChI=1S/C29H26FN7O2S/c30-19-13-21(34-25(14-19)23-6-10-32-24-4-2-1-3-22(23)24)17-31-16-18-7-11-37(12-8-18)28-33-9-5-20(35-28)15-26-27(38)36-29(39)40-26/h1-6,9-10,13-15,18,31H,7-8,11-12,16-17H2,(H,36,38,39). The first kappa shape index (κ1) is 26.0. The zero-order valence-corrected chi connectivity index (χ0v) is 22.3. The van der Waals surface area contributed by atoms with Gasteiger partial charge in [-0.05, 0) is 67.4 Å². The lowest BCUT2D eigenvalue weighted by molar-refractivity contribution is -0.115. The van der Waals surface area contributed by atoms with E-state index < -0.39 is 5.91 Å². The Morgan fingerprint density at radius 2 is 1.88 bits per heavy atom. The van der Waals surface area contributed by atoms with Crippen LogP contribution in [0.15, 0.2) is 65.8 Å². The number of imide groups is 1. The summed E-state index contributed by atoms with van der Waals surface area (Å²) in [6, 6.07) is 14.3. The molecule has 4 aromatic rings. The first-order valence-corrected chi connectivity index (χ1v) is 13.9. The van der Waals surface area contributed by atoms with Crippen LogP contribution in [0.2, 0.25) is 0 Å². The van der Waals surface area contributed by atoms with Crippen molar-refractivity contribution in [2.45, 2.75) is 19.4 Å². The summed E-state index contributed by atoms with van der Waals surface area (Å²) in [4.78, 5) is 43.8. The van der Waals surface area contributed by atoms with Crippen LogP contribution in [0.25, 0.3) is 28.2 Å². The summed E-state index contributed by atoms with van der Waals surface area (Å²) in [7, 11) is 0. The minimum atomic E-state index is -0.404. The number of halogens is 1. The number of fused-ring (bicyclic) bond motifs is 1. The molecule has 2 saturated heterocycles. The zero-order valence-electron chi connectivity index (χ0n) is 21.5. The van der Waals surface area contributed by atoms with E-state index in [1.165, 1.54) is 12.1 Å². The number of hydrogen-bond donors (Lipinski definition) is 2. The van der Waals surface area contributed by atoms with E-state index in [1.54, 1.807) is 24.5 Å². The van der Waals surface area contributed by atoms with Gasteiger partial charge in [-0.3, -0.25) is 24.9 Å². The van der Waals surface area contributed by atoms with Gasteiger partial charge in [-0.15, -0.1) is 0 Å². The monoisotopic (exact) mass is 555 g/mol. The van der Waals surface area contributed by atoms with Gasteiger partial charge in [-0.25, -0.2) is 14.4 Å². The largest absolute Gasteiger partial charge is 0.341 e. The molecule has 0 unspecified atom stereocenters. The van der Waals surface area contributed by atoms with Crippen LogP contribution in [-0.4, -0.2) is 50.7 Å². The van der Waals surface area contributed by atoms with Crippen molar-refractivity contribution in [3.8, 4) is 11.3 Å². The second-order valence-electron chi connectivity index (χ2n) is 9.73. The third kappa shape index (κ3) is 5.85. The Kier molecular flexibility index (Phi) is 7.47. The molecule has 2 aliphatic rings. The van der Waals surface area contributed by atoms with E-state index in [-0.39, 0.29) is 11.1 Å².